The van der Waals surface area contributed by atoms with Gasteiger partial charge >= 0.3 is 10.1 Å². The fourth-order valence-electron chi connectivity index (χ4n) is 2.69. The topological polar surface area (TPSA) is 52.6 Å². The lowest BCUT2D eigenvalue weighted by atomic mass is 10.1. The SMILES string of the molecule is COc1cc(S(=O)(=O)Oc2ccc3ccccc3c2)c(C)cc1C. The van der Waals surface area contributed by atoms with Crippen LogP contribution in [-0.4, -0.2) is 15.5 Å². The fraction of sp³-hybridized carbons (Fsp3) is 0.158. The Bertz CT molecular complexity index is 1010. The van der Waals surface area contributed by atoms with Gasteiger partial charge in [-0.05, 0) is 47.9 Å². The average molecular weight is 342 g/mol. The van der Waals surface area contributed by atoms with E-state index in [2.05, 4.69) is 0 Å². The summed E-state index contributed by atoms with van der Waals surface area (Å²) in [5.74, 6) is 0.800. The molecule has 0 atom stereocenters. The molecular weight excluding hydrogens is 324 g/mol. The number of aryl methyl sites for hydroxylation is 2. The number of methoxy groups -OCH3 is 1. The maximum atomic E-state index is 12.7. The lowest BCUT2D eigenvalue weighted by Crippen LogP contribution is -2.12. The average Bonchev–Trinajstić information content (AvgIpc) is 2.54. The Morgan fingerprint density at radius 1 is 0.833 bits per heavy atom. The Hall–Kier alpha value is -2.53. The third-order valence-corrected chi connectivity index (χ3v) is 5.28. The molecule has 0 N–H and O–H groups in total. The van der Waals surface area contributed by atoms with Gasteiger partial charge in [0.25, 0.3) is 0 Å². The summed E-state index contributed by atoms with van der Waals surface area (Å²) in [6.07, 6.45) is 0. The van der Waals surface area contributed by atoms with Crippen LogP contribution in [0, 0.1) is 13.8 Å². The predicted octanol–water partition coefficient (Wildman–Crippen LogP) is 4.23. The van der Waals surface area contributed by atoms with Crippen molar-refractivity contribution >= 4 is 20.9 Å². The summed E-state index contributed by atoms with van der Waals surface area (Å²) in [6.45, 7) is 3.61. The van der Waals surface area contributed by atoms with Gasteiger partial charge in [0.1, 0.15) is 16.4 Å². The van der Waals surface area contributed by atoms with Crippen molar-refractivity contribution in [3.63, 3.8) is 0 Å². The highest BCUT2D eigenvalue weighted by Gasteiger charge is 2.21. The molecule has 0 aliphatic carbocycles. The van der Waals surface area contributed by atoms with Gasteiger partial charge in [-0.1, -0.05) is 36.4 Å². The lowest BCUT2D eigenvalue weighted by molar-refractivity contribution is 0.409. The Morgan fingerprint density at radius 2 is 1.54 bits per heavy atom. The second kappa shape index (κ2) is 6.17. The molecule has 0 heterocycles. The molecule has 0 aliphatic heterocycles. The second-order valence-corrected chi connectivity index (χ2v) is 7.15. The van der Waals surface area contributed by atoms with Crippen LogP contribution >= 0.6 is 0 Å². The minimum atomic E-state index is -3.94. The molecule has 3 rings (SSSR count). The minimum Gasteiger partial charge on any atom is -0.496 e. The highest BCUT2D eigenvalue weighted by molar-refractivity contribution is 7.87. The van der Waals surface area contributed by atoms with E-state index in [1.807, 2.05) is 37.3 Å². The highest BCUT2D eigenvalue weighted by atomic mass is 32.2. The maximum absolute atomic E-state index is 12.7. The van der Waals surface area contributed by atoms with Crippen LogP contribution in [0.5, 0.6) is 11.5 Å². The molecule has 0 fully saturated rings. The van der Waals surface area contributed by atoms with Gasteiger partial charge in [0, 0.05) is 6.07 Å². The molecule has 0 spiro atoms. The molecule has 0 unspecified atom stereocenters. The Labute approximate surface area is 141 Å². The third-order valence-electron chi connectivity index (χ3n) is 3.89. The third kappa shape index (κ3) is 3.08. The Morgan fingerprint density at radius 3 is 2.25 bits per heavy atom. The first-order valence-electron chi connectivity index (χ1n) is 7.49. The van der Waals surface area contributed by atoms with Gasteiger partial charge in [0.05, 0.1) is 7.11 Å². The van der Waals surface area contributed by atoms with Gasteiger partial charge in [-0.3, -0.25) is 0 Å². The van der Waals surface area contributed by atoms with Crippen LogP contribution < -0.4 is 8.92 Å². The fourth-order valence-corrected chi connectivity index (χ4v) is 3.85. The number of benzene rings is 3. The van der Waals surface area contributed by atoms with E-state index in [9.17, 15) is 8.42 Å². The Kier molecular flexibility index (Phi) is 4.20. The molecule has 0 saturated carbocycles. The van der Waals surface area contributed by atoms with Crippen molar-refractivity contribution in [3.8, 4) is 11.5 Å². The molecule has 3 aromatic rings. The molecule has 0 radical (unpaired) electrons. The molecule has 5 heteroatoms. The molecule has 3 aromatic carbocycles. The van der Waals surface area contributed by atoms with Gasteiger partial charge in [0.15, 0.2) is 0 Å². The van der Waals surface area contributed by atoms with Crippen molar-refractivity contribution in [1.29, 1.82) is 0 Å². The van der Waals surface area contributed by atoms with E-state index in [1.165, 1.54) is 13.2 Å². The van der Waals surface area contributed by atoms with Crippen molar-refractivity contribution in [2.24, 2.45) is 0 Å². The van der Waals surface area contributed by atoms with Gasteiger partial charge in [-0.15, -0.1) is 0 Å². The van der Waals surface area contributed by atoms with Crippen molar-refractivity contribution in [2.75, 3.05) is 7.11 Å². The molecule has 124 valence electrons. The summed E-state index contributed by atoms with van der Waals surface area (Å²) in [7, 11) is -2.43. The first-order valence-corrected chi connectivity index (χ1v) is 8.90. The van der Waals surface area contributed by atoms with E-state index in [0.29, 0.717) is 11.3 Å². The van der Waals surface area contributed by atoms with Crippen LogP contribution in [0.2, 0.25) is 0 Å². The van der Waals surface area contributed by atoms with Crippen LogP contribution in [0.25, 0.3) is 10.8 Å². The molecule has 0 aromatic heterocycles. The summed E-state index contributed by atoms with van der Waals surface area (Å²) in [6, 6.07) is 16.2. The zero-order valence-electron chi connectivity index (χ0n) is 13.7. The van der Waals surface area contributed by atoms with Crippen LogP contribution in [0.4, 0.5) is 0 Å². The minimum absolute atomic E-state index is 0.109. The van der Waals surface area contributed by atoms with Gasteiger partial charge < -0.3 is 8.92 Å². The summed E-state index contributed by atoms with van der Waals surface area (Å²) in [5, 5.41) is 1.94. The predicted molar refractivity (Wildman–Crippen MR) is 94.2 cm³/mol. The van der Waals surface area contributed by atoms with Crippen molar-refractivity contribution in [2.45, 2.75) is 18.7 Å². The zero-order chi connectivity index (χ0) is 17.3. The molecule has 0 bridgehead atoms. The molecule has 0 saturated heterocycles. The molecule has 4 nitrogen and oxygen atoms in total. The zero-order valence-corrected chi connectivity index (χ0v) is 14.6. The second-order valence-electron chi connectivity index (χ2n) is 5.63. The van der Waals surface area contributed by atoms with E-state index in [4.69, 9.17) is 8.92 Å². The first-order chi connectivity index (χ1) is 11.4. The van der Waals surface area contributed by atoms with E-state index < -0.39 is 10.1 Å². The molecule has 24 heavy (non-hydrogen) atoms. The molecule has 0 amide bonds. The number of hydrogen-bond acceptors (Lipinski definition) is 4. The quantitative estimate of drug-likeness (QED) is 0.666. The van der Waals surface area contributed by atoms with Crippen LogP contribution in [0.1, 0.15) is 11.1 Å². The monoisotopic (exact) mass is 342 g/mol. The summed E-state index contributed by atoms with van der Waals surface area (Å²) >= 11 is 0. The molecule has 0 aliphatic rings. The standard InChI is InChI=1S/C19H18O4S/c1-13-10-14(2)19(12-18(13)22-3)24(20,21)23-17-9-8-15-6-4-5-7-16(15)11-17/h4-12H,1-3H3. The van der Waals surface area contributed by atoms with Crippen molar-refractivity contribution < 1.29 is 17.3 Å². The summed E-state index contributed by atoms with van der Waals surface area (Å²) in [5.41, 5.74) is 1.49. The molecular formula is C19H18O4S. The smallest absolute Gasteiger partial charge is 0.339 e. The Balaban J connectivity index is 2.01. The number of rotatable bonds is 4. The van der Waals surface area contributed by atoms with E-state index in [1.54, 1.807) is 25.1 Å². The van der Waals surface area contributed by atoms with E-state index in [0.717, 1.165) is 16.3 Å². The normalized spacial score (nSPS) is 11.5. The number of fused-ring (bicyclic) bond motifs is 1. The highest BCUT2D eigenvalue weighted by Crippen LogP contribution is 2.29. The summed E-state index contributed by atoms with van der Waals surface area (Å²) in [4.78, 5) is 0.109. The van der Waals surface area contributed by atoms with Gasteiger partial charge in [0.2, 0.25) is 0 Å². The van der Waals surface area contributed by atoms with Crippen molar-refractivity contribution in [1.82, 2.24) is 0 Å². The lowest BCUT2D eigenvalue weighted by Gasteiger charge is -2.13. The summed E-state index contributed by atoms with van der Waals surface area (Å²) < 4.78 is 35.9. The van der Waals surface area contributed by atoms with Gasteiger partial charge in [-0.25, -0.2) is 0 Å². The van der Waals surface area contributed by atoms with Crippen LogP contribution in [-0.2, 0) is 10.1 Å². The number of ether oxygens (including phenoxy) is 1. The van der Waals surface area contributed by atoms with Crippen molar-refractivity contribution in [3.05, 3.63) is 65.7 Å². The number of hydrogen-bond donors (Lipinski definition) is 0. The maximum Gasteiger partial charge on any atom is 0.339 e. The van der Waals surface area contributed by atoms with Crippen LogP contribution in [0.15, 0.2) is 59.5 Å². The first kappa shape index (κ1) is 16.3. The van der Waals surface area contributed by atoms with E-state index >= 15 is 0 Å². The van der Waals surface area contributed by atoms with Gasteiger partial charge in [-0.2, -0.15) is 8.42 Å². The van der Waals surface area contributed by atoms with Crippen LogP contribution in [0.3, 0.4) is 0 Å². The van der Waals surface area contributed by atoms with E-state index in [-0.39, 0.29) is 10.6 Å². The largest absolute Gasteiger partial charge is 0.496 e.